The molecule has 0 aliphatic heterocycles. The molecule has 0 bridgehead atoms. The number of carbonyl (C=O) groups excluding carboxylic acids is 2. The van der Waals surface area contributed by atoms with Gasteiger partial charge in [-0.1, -0.05) is 32.0 Å². The van der Waals surface area contributed by atoms with Crippen LogP contribution in [0, 0.1) is 17.5 Å². The van der Waals surface area contributed by atoms with Crippen LogP contribution in [0.1, 0.15) is 31.7 Å². The molecule has 0 heterocycles. The van der Waals surface area contributed by atoms with Gasteiger partial charge >= 0.3 is 0 Å². The summed E-state index contributed by atoms with van der Waals surface area (Å²) in [7, 11) is 1.63. The average molecular weight is 408 g/mol. The van der Waals surface area contributed by atoms with E-state index in [1.807, 2.05) is 24.3 Å². The van der Waals surface area contributed by atoms with Gasteiger partial charge in [-0.3, -0.25) is 9.59 Å². The Hall–Kier alpha value is -2.87. The summed E-state index contributed by atoms with van der Waals surface area (Å²) in [6, 6.07) is 9.21. The number of carbonyl (C=O) groups is 2. The summed E-state index contributed by atoms with van der Waals surface area (Å²) in [6.07, 6.45) is 0.929. The van der Waals surface area contributed by atoms with Gasteiger partial charge in [-0.2, -0.15) is 0 Å². The third-order valence-corrected chi connectivity index (χ3v) is 4.61. The number of quaternary nitrogens is 1. The first-order valence-electron chi connectivity index (χ1n) is 9.36. The van der Waals surface area contributed by atoms with Crippen LogP contribution in [0.25, 0.3) is 0 Å². The highest BCUT2D eigenvalue weighted by molar-refractivity contribution is 5.93. The van der Waals surface area contributed by atoms with Gasteiger partial charge in [0, 0.05) is 5.69 Å². The van der Waals surface area contributed by atoms with Gasteiger partial charge in [-0.05, 0) is 36.1 Å². The molecule has 0 radical (unpaired) electrons. The number of hydrogen-bond donors (Lipinski definition) is 3. The molecule has 0 aliphatic rings. The van der Waals surface area contributed by atoms with E-state index < -0.39 is 29.0 Å². The summed E-state index contributed by atoms with van der Waals surface area (Å²) in [5.74, 6) is -5.06. The largest absolute Gasteiger partial charge is 0.322 e. The predicted octanol–water partition coefficient (Wildman–Crippen LogP) is 2.71. The summed E-state index contributed by atoms with van der Waals surface area (Å²) in [5, 5.41) is 5.05. The van der Waals surface area contributed by atoms with E-state index >= 15 is 0 Å². The summed E-state index contributed by atoms with van der Waals surface area (Å²) < 4.78 is 39.8. The second kappa shape index (κ2) is 10.1. The molecule has 2 aromatic rings. The van der Waals surface area contributed by atoms with Gasteiger partial charge in [0.15, 0.2) is 30.5 Å². The Morgan fingerprint density at radius 2 is 1.52 bits per heavy atom. The monoisotopic (exact) mass is 408 g/mol. The molecule has 0 fully saturated rings. The van der Waals surface area contributed by atoms with Crippen LogP contribution >= 0.6 is 0 Å². The number of benzene rings is 2. The molecule has 2 amide bonds. The van der Waals surface area contributed by atoms with Gasteiger partial charge in [0.1, 0.15) is 0 Å². The Morgan fingerprint density at radius 1 is 0.931 bits per heavy atom. The zero-order chi connectivity index (χ0) is 21.6. The third-order valence-electron chi connectivity index (χ3n) is 4.61. The van der Waals surface area contributed by atoms with Crippen molar-refractivity contribution in [3.8, 4) is 0 Å². The quantitative estimate of drug-likeness (QED) is 0.588. The molecule has 0 aromatic heterocycles. The van der Waals surface area contributed by atoms with Crippen LogP contribution in [0.5, 0.6) is 0 Å². The normalized spacial score (nSPS) is 12.9. The average Bonchev–Trinajstić information content (AvgIpc) is 2.68. The van der Waals surface area contributed by atoms with E-state index in [0.29, 0.717) is 4.90 Å². The van der Waals surface area contributed by atoms with Crippen molar-refractivity contribution in [3.05, 3.63) is 59.4 Å². The summed E-state index contributed by atoms with van der Waals surface area (Å²) >= 11 is 0. The molecule has 2 atom stereocenters. The number of hydrogen-bond acceptors (Lipinski definition) is 2. The molecule has 5 nitrogen and oxygen atoms in total. The van der Waals surface area contributed by atoms with E-state index in [-0.39, 0.29) is 24.9 Å². The van der Waals surface area contributed by atoms with E-state index in [9.17, 15) is 22.8 Å². The van der Waals surface area contributed by atoms with Gasteiger partial charge in [-0.15, -0.1) is 0 Å². The van der Waals surface area contributed by atoms with Crippen molar-refractivity contribution in [3.63, 3.8) is 0 Å². The van der Waals surface area contributed by atoms with Crippen molar-refractivity contribution >= 4 is 23.2 Å². The minimum atomic E-state index is -1.65. The van der Waals surface area contributed by atoms with Gasteiger partial charge < -0.3 is 15.5 Å². The lowest BCUT2D eigenvalue weighted by molar-refractivity contribution is -0.862. The maximum Gasteiger partial charge on any atom is 0.279 e. The molecule has 0 saturated heterocycles. The first-order valence-corrected chi connectivity index (χ1v) is 9.36. The van der Waals surface area contributed by atoms with E-state index in [1.165, 1.54) is 0 Å². The minimum Gasteiger partial charge on any atom is -0.322 e. The summed E-state index contributed by atoms with van der Waals surface area (Å²) in [5.41, 5.74) is 1.31. The molecule has 156 valence electrons. The lowest BCUT2D eigenvalue weighted by Gasteiger charge is -2.17. The zero-order valence-electron chi connectivity index (χ0n) is 16.6. The van der Waals surface area contributed by atoms with Crippen molar-refractivity contribution in [1.29, 1.82) is 0 Å². The summed E-state index contributed by atoms with van der Waals surface area (Å²) in [4.78, 5) is 24.9. The van der Waals surface area contributed by atoms with Crippen LogP contribution in [0.3, 0.4) is 0 Å². The Bertz CT molecular complexity index is 889. The smallest absolute Gasteiger partial charge is 0.279 e. The Morgan fingerprint density at radius 3 is 2.14 bits per heavy atom. The van der Waals surface area contributed by atoms with Gasteiger partial charge in [0.05, 0.1) is 12.7 Å². The maximum atomic E-state index is 13.6. The molecule has 2 aromatic carbocycles. The zero-order valence-corrected chi connectivity index (χ0v) is 16.6. The van der Waals surface area contributed by atoms with Crippen molar-refractivity contribution in [2.75, 3.05) is 30.8 Å². The molecule has 3 N–H and O–H groups in total. The van der Waals surface area contributed by atoms with E-state index in [1.54, 1.807) is 7.05 Å². The molecule has 0 spiro atoms. The second-order valence-corrected chi connectivity index (χ2v) is 7.03. The van der Waals surface area contributed by atoms with Gasteiger partial charge in [0.25, 0.3) is 11.8 Å². The van der Waals surface area contributed by atoms with Crippen LogP contribution in [0.15, 0.2) is 36.4 Å². The fraction of sp³-hybridized carbons (Fsp3) is 0.333. The second-order valence-electron chi connectivity index (χ2n) is 7.03. The van der Waals surface area contributed by atoms with Crippen molar-refractivity contribution in [1.82, 2.24) is 0 Å². The first kappa shape index (κ1) is 22.4. The van der Waals surface area contributed by atoms with Crippen molar-refractivity contribution in [2.45, 2.75) is 26.2 Å². The molecular weight excluding hydrogens is 383 g/mol. The van der Waals surface area contributed by atoms with Gasteiger partial charge in [0.2, 0.25) is 0 Å². The Labute approximate surface area is 167 Å². The number of rotatable bonds is 8. The number of halogens is 3. The molecule has 2 rings (SSSR count). The van der Waals surface area contributed by atoms with Crippen LogP contribution in [0.4, 0.5) is 24.5 Å². The van der Waals surface area contributed by atoms with E-state index in [4.69, 9.17) is 0 Å². The van der Waals surface area contributed by atoms with Crippen LogP contribution in [0.2, 0.25) is 0 Å². The minimum absolute atomic E-state index is 0.00250. The number of likely N-dealkylation sites (N-methyl/N-ethyl adjacent to an activating group) is 1. The fourth-order valence-corrected chi connectivity index (χ4v) is 2.88. The fourth-order valence-electron chi connectivity index (χ4n) is 2.88. The Balaban J connectivity index is 1.92. The standard InChI is InChI=1S/C21H24F3N3O2/c1-4-13(2)14-7-5-6-8-16(14)25-18(28)11-27(3)12-19(29)26-17-10-9-15(22)20(23)21(17)24/h5-10,13H,4,11-12H2,1-3H3,(H,25,28)(H,26,29)/p+1/t13-/m1/s1. The lowest BCUT2D eigenvalue weighted by Crippen LogP contribution is -3.11. The highest BCUT2D eigenvalue weighted by atomic mass is 19.2. The third kappa shape index (κ3) is 6.05. The highest BCUT2D eigenvalue weighted by Gasteiger charge is 2.19. The molecule has 0 saturated carbocycles. The van der Waals surface area contributed by atoms with Crippen LogP contribution in [-0.4, -0.2) is 32.0 Å². The van der Waals surface area contributed by atoms with Crippen LogP contribution in [-0.2, 0) is 9.59 Å². The summed E-state index contributed by atoms with van der Waals surface area (Å²) in [6.45, 7) is 3.99. The lowest BCUT2D eigenvalue weighted by atomic mass is 9.97. The van der Waals surface area contributed by atoms with E-state index in [0.717, 1.165) is 29.8 Å². The SMILES string of the molecule is CC[C@@H](C)c1ccccc1NC(=O)C[NH+](C)CC(=O)Nc1ccc(F)c(F)c1F. The van der Waals surface area contributed by atoms with Crippen LogP contribution < -0.4 is 15.5 Å². The topological polar surface area (TPSA) is 62.6 Å². The number of para-hydroxylation sites is 1. The number of amides is 2. The number of anilines is 2. The predicted molar refractivity (Wildman–Crippen MR) is 105 cm³/mol. The number of nitrogens with one attached hydrogen (secondary N) is 3. The van der Waals surface area contributed by atoms with Gasteiger partial charge in [-0.25, -0.2) is 13.2 Å². The molecule has 29 heavy (non-hydrogen) atoms. The maximum absolute atomic E-state index is 13.6. The van der Waals surface area contributed by atoms with Crippen molar-refractivity contribution < 1.29 is 27.7 Å². The van der Waals surface area contributed by atoms with Crippen molar-refractivity contribution in [2.24, 2.45) is 0 Å². The molecule has 1 unspecified atom stereocenters. The Kier molecular flexibility index (Phi) is 7.78. The molecule has 0 aliphatic carbocycles. The molecule has 8 heteroatoms. The molecular formula is C21H25F3N3O2+. The highest BCUT2D eigenvalue weighted by Crippen LogP contribution is 2.26. The van der Waals surface area contributed by atoms with E-state index in [2.05, 4.69) is 24.5 Å². The first-order chi connectivity index (χ1) is 13.7.